The molecule has 9 nitrogen and oxygen atoms in total. The molecule has 0 fully saturated rings. The molecule has 0 aliphatic carbocycles. The van der Waals surface area contributed by atoms with E-state index in [2.05, 4.69) is 30.5 Å². The molecular formula is C33H24FN7O2. The van der Waals surface area contributed by atoms with Gasteiger partial charge < -0.3 is 15.0 Å². The van der Waals surface area contributed by atoms with E-state index in [0.29, 0.717) is 39.6 Å². The van der Waals surface area contributed by atoms with Crippen molar-refractivity contribution in [2.75, 3.05) is 12.4 Å². The van der Waals surface area contributed by atoms with Crippen LogP contribution in [0.5, 0.6) is 5.75 Å². The molecule has 2 aromatic carbocycles. The molecule has 5 aromatic heterocycles. The van der Waals surface area contributed by atoms with E-state index in [1.165, 1.54) is 19.2 Å². The molecule has 5 heterocycles. The van der Waals surface area contributed by atoms with Gasteiger partial charge in [0, 0.05) is 40.5 Å². The number of fused-ring (bicyclic) bond motifs is 2. The van der Waals surface area contributed by atoms with E-state index in [-0.39, 0.29) is 12.3 Å². The molecule has 210 valence electrons. The first-order valence-electron chi connectivity index (χ1n) is 13.5. The third kappa shape index (κ3) is 5.17. The maximum atomic E-state index is 14.3. The summed E-state index contributed by atoms with van der Waals surface area (Å²) in [5.74, 6) is -0.128. The first-order chi connectivity index (χ1) is 21.0. The number of methoxy groups -OCH3 is 1. The Bertz CT molecular complexity index is 2120. The lowest BCUT2D eigenvalue weighted by molar-refractivity contribution is -0.115. The van der Waals surface area contributed by atoms with E-state index in [1.54, 1.807) is 24.7 Å². The summed E-state index contributed by atoms with van der Waals surface area (Å²) in [6.45, 7) is 0. The minimum Gasteiger partial charge on any atom is -0.497 e. The van der Waals surface area contributed by atoms with E-state index in [0.717, 1.165) is 33.2 Å². The Hall–Kier alpha value is -5.90. The zero-order valence-electron chi connectivity index (χ0n) is 22.9. The summed E-state index contributed by atoms with van der Waals surface area (Å²) in [6, 6.07) is 23.5. The van der Waals surface area contributed by atoms with Gasteiger partial charge >= 0.3 is 0 Å². The monoisotopic (exact) mass is 569 g/mol. The maximum absolute atomic E-state index is 14.3. The lowest BCUT2D eigenvalue weighted by Crippen LogP contribution is -2.14. The standard InChI is InChI=1S/C33H24FN7O2/c1-43-24-14-20(12-22(34)15-24)31-25-16-29(38-27(25)9-10-36-31)33-32-28(40-41-33)8-7-26(39-32)21-13-23(18-35-17-21)37-30(42)11-19-5-3-2-4-6-19/h2-10,12-18,38H,11H2,1H3,(H,37,42)(H,40,41). The quantitative estimate of drug-likeness (QED) is 0.200. The fraction of sp³-hybridized carbons (Fsp3) is 0.0606. The SMILES string of the molecule is COc1cc(F)cc(-c2nccc3[nH]c(-c4n[nH]c5ccc(-c6cncc(NC(=O)Cc7ccccc7)c6)nc45)cc23)c1. The summed E-state index contributed by atoms with van der Waals surface area (Å²) in [5, 5.41) is 11.3. The molecule has 1 amide bonds. The van der Waals surface area contributed by atoms with Gasteiger partial charge in [-0.3, -0.25) is 19.9 Å². The van der Waals surface area contributed by atoms with E-state index in [9.17, 15) is 9.18 Å². The summed E-state index contributed by atoms with van der Waals surface area (Å²) in [7, 11) is 1.50. The fourth-order valence-corrected chi connectivity index (χ4v) is 5.11. The highest BCUT2D eigenvalue weighted by Crippen LogP contribution is 2.34. The zero-order valence-corrected chi connectivity index (χ0v) is 22.9. The second-order valence-corrected chi connectivity index (χ2v) is 10.0. The third-order valence-corrected chi connectivity index (χ3v) is 7.12. The number of amides is 1. The number of rotatable bonds is 7. The second-order valence-electron chi connectivity index (χ2n) is 10.0. The minimum atomic E-state index is -0.409. The average molecular weight is 570 g/mol. The molecule has 7 aromatic rings. The van der Waals surface area contributed by atoms with Crippen molar-refractivity contribution in [1.82, 2.24) is 30.1 Å². The number of pyridine rings is 3. The summed E-state index contributed by atoms with van der Waals surface area (Å²) >= 11 is 0. The Labute approximate surface area is 244 Å². The van der Waals surface area contributed by atoms with Crippen LogP contribution in [0.15, 0.2) is 97.5 Å². The number of aromatic amines is 2. The smallest absolute Gasteiger partial charge is 0.228 e. The van der Waals surface area contributed by atoms with Crippen LogP contribution in [0.2, 0.25) is 0 Å². The Morgan fingerprint density at radius 3 is 2.67 bits per heavy atom. The van der Waals surface area contributed by atoms with Gasteiger partial charge in [-0.1, -0.05) is 30.3 Å². The topological polar surface area (TPSA) is 121 Å². The number of hydrogen-bond donors (Lipinski definition) is 3. The molecule has 0 bridgehead atoms. The molecule has 0 aliphatic rings. The van der Waals surface area contributed by atoms with E-state index < -0.39 is 5.82 Å². The number of aromatic nitrogens is 6. The van der Waals surface area contributed by atoms with Gasteiger partial charge in [-0.15, -0.1) is 0 Å². The molecule has 0 spiro atoms. The van der Waals surface area contributed by atoms with Crippen molar-refractivity contribution in [3.8, 4) is 39.7 Å². The van der Waals surface area contributed by atoms with E-state index in [1.807, 2.05) is 60.7 Å². The molecule has 10 heteroatoms. The largest absolute Gasteiger partial charge is 0.497 e. The molecule has 0 atom stereocenters. The van der Waals surface area contributed by atoms with Crippen molar-refractivity contribution in [2.24, 2.45) is 0 Å². The average Bonchev–Trinajstić information content (AvgIpc) is 3.65. The van der Waals surface area contributed by atoms with Crippen molar-refractivity contribution in [2.45, 2.75) is 6.42 Å². The van der Waals surface area contributed by atoms with Crippen LogP contribution in [0.25, 0.3) is 55.8 Å². The number of hydrogen-bond acceptors (Lipinski definition) is 6. The van der Waals surface area contributed by atoms with Crippen molar-refractivity contribution in [1.29, 1.82) is 0 Å². The van der Waals surface area contributed by atoms with Crippen LogP contribution in [0.1, 0.15) is 5.56 Å². The highest BCUT2D eigenvalue weighted by atomic mass is 19.1. The fourth-order valence-electron chi connectivity index (χ4n) is 5.11. The number of H-pyrrole nitrogens is 2. The molecule has 0 aliphatic heterocycles. The molecular weight excluding hydrogens is 545 g/mol. The normalized spacial score (nSPS) is 11.2. The van der Waals surface area contributed by atoms with Gasteiger partial charge in [0.1, 0.15) is 22.8 Å². The van der Waals surface area contributed by atoms with Crippen molar-refractivity contribution < 1.29 is 13.9 Å². The number of carbonyl (C=O) groups excluding carboxylic acids is 1. The van der Waals surface area contributed by atoms with Crippen molar-refractivity contribution in [3.63, 3.8) is 0 Å². The van der Waals surface area contributed by atoms with Crippen LogP contribution in [0.3, 0.4) is 0 Å². The highest BCUT2D eigenvalue weighted by Gasteiger charge is 2.17. The minimum absolute atomic E-state index is 0.130. The summed E-state index contributed by atoms with van der Waals surface area (Å²) in [4.78, 5) is 29.8. The van der Waals surface area contributed by atoms with E-state index >= 15 is 0 Å². The van der Waals surface area contributed by atoms with E-state index in [4.69, 9.17) is 9.72 Å². The first kappa shape index (κ1) is 26.0. The lowest BCUT2D eigenvalue weighted by atomic mass is 10.1. The van der Waals surface area contributed by atoms with Gasteiger partial charge in [0.25, 0.3) is 0 Å². The van der Waals surface area contributed by atoms with Gasteiger partial charge in [0.2, 0.25) is 5.91 Å². The van der Waals surface area contributed by atoms with Crippen molar-refractivity contribution in [3.05, 3.63) is 109 Å². The molecule has 0 unspecified atom stereocenters. The van der Waals surface area contributed by atoms with Crippen LogP contribution in [0, 0.1) is 5.82 Å². The first-order valence-corrected chi connectivity index (χ1v) is 13.5. The van der Waals surface area contributed by atoms with Gasteiger partial charge in [0.05, 0.1) is 48.0 Å². The van der Waals surface area contributed by atoms with Crippen LogP contribution in [0.4, 0.5) is 10.1 Å². The van der Waals surface area contributed by atoms with Crippen LogP contribution in [-0.2, 0) is 11.2 Å². The summed E-state index contributed by atoms with van der Waals surface area (Å²) < 4.78 is 19.6. The summed E-state index contributed by atoms with van der Waals surface area (Å²) in [6.07, 6.45) is 5.25. The Morgan fingerprint density at radius 2 is 1.81 bits per heavy atom. The predicted octanol–water partition coefficient (Wildman–Crippen LogP) is 6.56. The van der Waals surface area contributed by atoms with Crippen LogP contribution < -0.4 is 10.1 Å². The number of halogens is 1. The maximum Gasteiger partial charge on any atom is 0.228 e. The molecule has 0 saturated carbocycles. The molecule has 7 rings (SSSR count). The van der Waals surface area contributed by atoms with Gasteiger partial charge in [0.15, 0.2) is 0 Å². The second kappa shape index (κ2) is 10.8. The Balaban J connectivity index is 1.22. The number of nitrogens with one attached hydrogen (secondary N) is 3. The number of benzene rings is 2. The van der Waals surface area contributed by atoms with Gasteiger partial charge in [-0.2, -0.15) is 5.10 Å². The number of anilines is 1. The number of carbonyl (C=O) groups is 1. The van der Waals surface area contributed by atoms with Crippen LogP contribution >= 0.6 is 0 Å². The van der Waals surface area contributed by atoms with Gasteiger partial charge in [-0.05, 0) is 48.0 Å². The van der Waals surface area contributed by atoms with Gasteiger partial charge in [-0.25, -0.2) is 9.37 Å². The van der Waals surface area contributed by atoms with Crippen molar-refractivity contribution >= 4 is 33.5 Å². The third-order valence-electron chi connectivity index (χ3n) is 7.12. The Kier molecular flexibility index (Phi) is 6.55. The molecule has 0 saturated heterocycles. The highest BCUT2D eigenvalue weighted by molar-refractivity contribution is 5.99. The summed E-state index contributed by atoms with van der Waals surface area (Å²) in [5.41, 5.74) is 7.72. The lowest BCUT2D eigenvalue weighted by Gasteiger charge is -2.07. The predicted molar refractivity (Wildman–Crippen MR) is 163 cm³/mol. The van der Waals surface area contributed by atoms with Crippen LogP contribution in [-0.4, -0.2) is 43.2 Å². The Morgan fingerprint density at radius 1 is 0.930 bits per heavy atom. The number of nitrogens with zero attached hydrogens (tertiary/aromatic N) is 4. The zero-order chi connectivity index (χ0) is 29.3. The number of ether oxygens (including phenoxy) is 1. The molecule has 43 heavy (non-hydrogen) atoms. The molecule has 0 radical (unpaired) electrons. The molecule has 3 N–H and O–H groups in total.